The van der Waals surface area contributed by atoms with E-state index in [4.69, 9.17) is 15.2 Å². The number of hydrogen-bond acceptors (Lipinski definition) is 8. The molecule has 0 spiro atoms. The third-order valence-corrected chi connectivity index (χ3v) is 6.51. The molecule has 2 aliphatic heterocycles. The van der Waals surface area contributed by atoms with Crippen LogP contribution in [0.25, 0.3) is 22.2 Å². The van der Waals surface area contributed by atoms with E-state index < -0.39 is 52.0 Å². The normalized spacial score (nSPS) is 19.6. The van der Waals surface area contributed by atoms with E-state index in [0.29, 0.717) is 25.5 Å². The quantitative estimate of drug-likeness (QED) is 0.388. The summed E-state index contributed by atoms with van der Waals surface area (Å²) in [6.07, 6.45) is -5.87. The number of piperazine rings is 1. The van der Waals surface area contributed by atoms with Crippen molar-refractivity contribution < 1.29 is 31.4 Å². The Kier molecular flexibility index (Phi) is 6.00. The largest absolute Gasteiger partial charge is 0.472 e. The minimum Gasteiger partial charge on any atom is -0.472 e. The predicted molar refractivity (Wildman–Crippen MR) is 127 cm³/mol. The summed E-state index contributed by atoms with van der Waals surface area (Å²) >= 11 is 0. The third kappa shape index (κ3) is 4.14. The molecule has 8 nitrogen and oxygen atoms in total. The molecule has 1 aromatic carbocycles. The molecule has 1 saturated heterocycles. The van der Waals surface area contributed by atoms with Crippen LogP contribution in [-0.2, 0) is 6.18 Å². The first-order chi connectivity index (χ1) is 17.4. The number of rotatable bonds is 3. The molecule has 13 heteroatoms. The lowest BCUT2D eigenvalue weighted by Crippen LogP contribution is -2.56. The first kappa shape index (κ1) is 25.2. The zero-order valence-corrected chi connectivity index (χ0v) is 20.5. The van der Waals surface area contributed by atoms with Gasteiger partial charge in [-0.25, -0.2) is 13.8 Å². The Balaban J connectivity index is 1.87. The predicted octanol–water partition coefficient (Wildman–Crippen LogP) is 4.23. The Morgan fingerprint density at radius 2 is 1.92 bits per heavy atom. The first-order valence-corrected chi connectivity index (χ1v) is 11.8. The van der Waals surface area contributed by atoms with Gasteiger partial charge in [0.1, 0.15) is 34.3 Å². The van der Waals surface area contributed by atoms with E-state index in [-0.39, 0.29) is 34.9 Å². The Bertz CT molecular complexity index is 1400. The molecule has 3 aromatic rings. The average Bonchev–Trinajstić information content (AvgIpc) is 2.93. The molecule has 2 atom stereocenters. The van der Waals surface area contributed by atoms with Crippen molar-refractivity contribution in [3.05, 3.63) is 28.8 Å². The van der Waals surface area contributed by atoms with Gasteiger partial charge in [-0.05, 0) is 39.3 Å². The Hall–Kier alpha value is -3.48. The van der Waals surface area contributed by atoms with Crippen LogP contribution in [0.1, 0.15) is 31.9 Å². The number of nitrogens with zero attached hydrogens (tertiary/aromatic N) is 4. The highest BCUT2D eigenvalue weighted by atomic mass is 19.4. The molecule has 0 saturated carbocycles. The maximum atomic E-state index is 16.2. The molecule has 2 aliphatic rings. The van der Waals surface area contributed by atoms with Gasteiger partial charge in [0.05, 0.1) is 23.4 Å². The molecule has 2 aromatic heterocycles. The van der Waals surface area contributed by atoms with Crippen molar-refractivity contribution in [2.75, 3.05) is 30.3 Å². The second-order valence-corrected chi connectivity index (χ2v) is 9.41. The molecule has 3 N–H and O–H groups in total. The van der Waals surface area contributed by atoms with Crippen molar-refractivity contribution in [1.82, 2.24) is 20.3 Å². The highest BCUT2D eigenvalue weighted by molar-refractivity contribution is 5.97. The van der Waals surface area contributed by atoms with Crippen molar-refractivity contribution >= 4 is 22.4 Å². The van der Waals surface area contributed by atoms with Crippen LogP contribution >= 0.6 is 0 Å². The van der Waals surface area contributed by atoms with Crippen molar-refractivity contribution in [2.24, 2.45) is 0 Å². The fraction of sp³-hybridized carbons (Fsp3) is 0.458. The number of anilines is 2. The van der Waals surface area contributed by atoms with Crippen LogP contribution < -0.4 is 25.4 Å². The number of aromatic nitrogens is 3. The zero-order chi connectivity index (χ0) is 26.8. The second kappa shape index (κ2) is 8.82. The van der Waals surface area contributed by atoms with Gasteiger partial charge in [0.2, 0.25) is 5.88 Å². The lowest BCUT2D eigenvalue weighted by Gasteiger charge is -2.38. The molecule has 1 fully saturated rings. The minimum absolute atomic E-state index is 0.119. The van der Waals surface area contributed by atoms with E-state index in [9.17, 15) is 17.6 Å². The molecular formula is C24H25F5N6O2. The molecule has 37 heavy (non-hydrogen) atoms. The number of fused-ring (bicyclic) bond motifs is 2. The number of nitrogens with one attached hydrogen (secondary N) is 1. The summed E-state index contributed by atoms with van der Waals surface area (Å²) < 4.78 is 84.6. The number of alkyl halides is 3. The molecular weight excluding hydrogens is 499 g/mol. The van der Waals surface area contributed by atoms with Gasteiger partial charge in [0.25, 0.3) is 0 Å². The summed E-state index contributed by atoms with van der Waals surface area (Å²) in [5.74, 6) is -2.21. The molecule has 4 heterocycles. The molecule has 0 aliphatic carbocycles. The summed E-state index contributed by atoms with van der Waals surface area (Å²) in [4.78, 5) is 14.9. The number of ether oxygens (including phenoxy) is 2. The highest BCUT2D eigenvalue weighted by Gasteiger charge is 2.41. The number of pyridine rings is 1. The second-order valence-electron chi connectivity index (χ2n) is 9.41. The SMILES string of the molecule is Cc1c(F)c(N)cc(-c2nc3c4c(nc(OC(C)C)nc4c2F)N2CCNC[C@H]2[C@H](C)O3)c1C(F)(F)F. The van der Waals surface area contributed by atoms with Crippen LogP contribution in [0.4, 0.5) is 33.5 Å². The number of halogens is 5. The van der Waals surface area contributed by atoms with Crippen molar-refractivity contribution in [1.29, 1.82) is 0 Å². The number of benzene rings is 1. The maximum absolute atomic E-state index is 16.2. The van der Waals surface area contributed by atoms with E-state index in [0.717, 1.165) is 13.0 Å². The highest BCUT2D eigenvalue weighted by Crippen LogP contribution is 2.46. The molecule has 0 bridgehead atoms. The monoisotopic (exact) mass is 524 g/mol. The average molecular weight is 524 g/mol. The minimum atomic E-state index is -5.02. The van der Waals surface area contributed by atoms with E-state index in [1.54, 1.807) is 20.8 Å². The van der Waals surface area contributed by atoms with Gasteiger partial charge < -0.3 is 25.4 Å². The van der Waals surface area contributed by atoms with E-state index in [2.05, 4.69) is 20.3 Å². The van der Waals surface area contributed by atoms with Gasteiger partial charge in [0, 0.05) is 25.2 Å². The fourth-order valence-corrected chi connectivity index (χ4v) is 4.87. The molecule has 0 radical (unpaired) electrons. The van der Waals surface area contributed by atoms with Crippen LogP contribution in [-0.4, -0.2) is 52.8 Å². The van der Waals surface area contributed by atoms with Crippen LogP contribution in [0.2, 0.25) is 0 Å². The van der Waals surface area contributed by atoms with Gasteiger partial charge in [0.15, 0.2) is 5.82 Å². The van der Waals surface area contributed by atoms with Crippen molar-refractivity contribution in [2.45, 2.75) is 52.1 Å². The van der Waals surface area contributed by atoms with E-state index in [1.807, 2.05) is 4.90 Å². The number of nitrogens with two attached hydrogens (primary N) is 1. The number of nitrogen functional groups attached to an aromatic ring is 1. The molecule has 0 unspecified atom stereocenters. The van der Waals surface area contributed by atoms with Gasteiger partial charge in [-0.1, -0.05) is 0 Å². The molecule has 198 valence electrons. The molecule has 0 amide bonds. The lowest BCUT2D eigenvalue weighted by atomic mass is 9.96. The van der Waals surface area contributed by atoms with Gasteiger partial charge in [-0.2, -0.15) is 23.1 Å². The van der Waals surface area contributed by atoms with E-state index >= 15 is 4.39 Å². The van der Waals surface area contributed by atoms with E-state index in [1.165, 1.54) is 0 Å². The maximum Gasteiger partial charge on any atom is 0.417 e. The Labute approximate surface area is 209 Å². The number of hydrogen-bond donors (Lipinski definition) is 2. The smallest absolute Gasteiger partial charge is 0.417 e. The fourth-order valence-electron chi connectivity index (χ4n) is 4.87. The van der Waals surface area contributed by atoms with Gasteiger partial charge in [-0.3, -0.25) is 0 Å². The van der Waals surface area contributed by atoms with Crippen LogP contribution in [0.3, 0.4) is 0 Å². The summed E-state index contributed by atoms with van der Waals surface area (Å²) in [5, 5.41) is 3.39. The topological polar surface area (TPSA) is 98.4 Å². The summed E-state index contributed by atoms with van der Waals surface area (Å²) in [6.45, 7) is 7.87. The van der Waals surface area contributed by atoms with Gasteiger partial charge in [-0.15, -0.1) is 0 Å². The van der Waals surface area contributed by atoms with Crippen LogP contribution in [0, 0.1) is 18.6 Å². The summed E-state index contributed by atoms with van der Waals surface area (Å²) in [5.41, 5.74) is 1.20. The van der Waals surface area contributed by atoms with Gasteiger partial charge >= 0.3 is 12.2 Å². The van der Waals surface area contributed by atoms with Crippen molar-refractivity contribution in [3.8, 4) is 23.1 Å². The molecule has 5 rings (SSSR count). The van der Waals surface area contributed by atoms with Crippen LogP contribution in [0.15, 0.2) is 6.07 Å². The standard InChI is InChI=1S/C24H25F5N6O2/c1-9(2)36-23-33-20-15-21(34-23)35-6-5-31-8-14(35)11(4)37-22(15)32-19(18(20)26)12-7-13(30)17(25)10(3)16(12)24(27,28)29/h7,9,11,14,31H,5-6,8,30H2,1-4H3/t11-,14-/m0/s1. The summed E-state index contributed by atoms with van der Waals surface area (Å²) in [7, 11) is 0. The zero-order valence-electron chi connectivity index (χ0n) is 20.5. The van der Waals surface area contributed by atoms with Crippen molar-refractivity contribution in [3.63, 3.8) is 0 Å². The Morgan fingerprint density at radius 1 is 1.19 bits per heavy atom. The first-order valence-electron chi connectivity index (χ1n) is 11.8. The lowest BCUT2D eigenvalue weighted by molar-refractivity contribution is -0.137. The third-order valence-electron chi connectivity index (χ3n) is 6.51. The summed E-state index contributed by atoms with van der Waals surface area (Å²) in [6, 6.07) is 0.363. The Morgan fingerprint density at radius 3 is 2.59 bits per heavy atom. The van der Waals surface area contributed by atoms with Crippen LogP contribution in [0.5, 0.6) is 11.9 Å².